The molecule has 0 bridgehead atoms. The van der Waals surface area contributed by atoms with Crippen molar-refractivity contribution < 1.29 is 9.59 Å². The predicted molar refractivity (Wildman–Crippen MR) is 80.4 cm³/mol. The van der Waals surface area contributed by atoms with Gasteiger partial charge in [0.2, 0.25) is 5.91 Å². The van der Waals surface area contributed by atoms with Crippen molar-refractivity contribution in [2.45, 2.75) is 13.8 Å². The van der Waals surface area contributed by atoms with Gasteiger partial charge in [0.1, 0.15) is 5.69 Å². The molecule has 0 unspecified atom stereocenters. The van der Waals surface area contributed by atoms with Crippen LogP contribution in [0.4, 0.5) is 0 Å². The number of nitrogens with one attached hydrogen (secondary N) is 1. The molecule has 1 heterocycles. The summed E-state index contributed by atoms with van der Waals surface area (Å²) in [6.07, 6.45) is 1.52. The molecule has 0 spiro atoms. The van der Waals surface area contributed by atoms with Gasteiger partial charge in [-0.15, -0.1) is 0 Å². The van der Waals surface area contributed by atoms with Gasteiger partial charge in [0.25, 0.3) is 5.91 Å². The molecule has 1 rings (SSSR count). The number of amides is 2. The van der Waals surface area contributed by atoms with E-state index in [1.54, 1.807) is 12.1 Å². The smallest absolute Gasteiger partial charge is 0.272 e. The van der Waals surface area contributed by atoms with Crippen molar-refractivity contribution >= 4 is 11.8 Å². The van der Waals surface area contributed by atoms with Gasteiger partial charge in [0, 0.05) is 24.8 Å². The van der Waals surface area contributed by atoms with E-state index in [0.29, 0.717) is 24.3 Å². The molecule has 0 aliphatic rings. The standard InChI is InChI=1S/C15H20N4O2/c1-3-17-14(20)11-19(4-2)15(21)13-8-7-12(10-18-13)6-5-9-16/h7-8,10H,3-4,9,11,16H2,1-2H3,(H,17,20). The fourth-order valence-electron chi connectivity index (χ4n) is 1.66. The molecule has 6 heteroatoms. The second-order valence-electron chi connectivity index (χ2n) is 4.21. The van der Waals surface area contributed by atoms with Gasteiger partial charge in [0.05, 0.1) is 13.1 Å². The van der Waals surface area contributed by atoms with Gasteiger partial charge in [-0.3, -0.25) is 9.59 Å². The summed E-state index contributed by atoms with van der Waals surface area (Å²) in [6, 6.07) is 3.31. The fourth-order valence-corrected chi connectivity index (χ4v) is 1.66. The molecule has 6 nitrogen and oxygen atoms in total. The van der Waals surface area contributed by atoms with Crippen LogP contribution in [0.15, 0.2) is 18.3 Å². The Morgan fingerprint density at radius 2 is 2.14 bits per heavy atom. The van der Waals surface area contributed by atoms with E-state index in [-0.39, 0.29) is 24.9 Å². The lowest BCUT2D eigenvalue weighted by molar-refractivity contribution is -0.121. The zero-order chi connectivity index (χ0) is 15.7. The zero-order valence-electron chi connectivity index (χ0n) is 12.3. The van der Waals surface area contributed by atoms with E-state index in [2.05, 4.69) is 22.1 Å². The quantitative estimate of drug-likeness (QED) is 0.746. The van der Waals surface area contributed by atoms with Gasteiger partial charge >= 0.3 is 0 Å². The van der Waals surface area contributed by atoms with Gasteiger partial charge in [-0.25, -0.2) is 4.98 Å². The van der Waals surface area contributed by atoms with Crippen molar-refractivity contribution in [1.82, 2.24) is 15.2 Å². The first-order chi connectivity index (χ1) is 10.1. The number of carbonyl (C=O) groups is 2. The molecule has 3 N–H and O–H groups in total. The highest BCUT2D eigenvalue weighted by molar-refractivity contribution is 5.94. The largest absolute Gasteiger partial charge is 0.355 e. The Labute approximate surface area is 124 Å². The first-order valence-electron chi connectivity index (χ1n) is 6.83. The molecular weight excluding hydrogens is 268 g/mol. The zero-order valence-corrected chi connectivity index (χ0v) is 12.3. The molecule has 0 saturated heterocycles. The van der Waals surface area contributed by atoms with E-state index in [1.807, 2.05) is 13.8 Å². The lowest BCUT2D eigenvalue weighted by atomic mass is 10.2. The topological polar surface area (TPSA) is 88.3 Å². The monoisotopic (exact) mass is 288 g/mol. The van der Waals surface area contributed by atoms with Crippen LogP contribution in [0.3, 0.4) is 0 Å². The summed E-state index contributed by atoms with van der Waals surface area (Å²) in [5, 5.41) is 2.67. The predicted octanol–water partition coefficient (Wildman–Crippen LogP) is -0.01000. The summed E-state index contributed by atoms with van der Waals surface area (Å²) in [7, 11) is 0. The Hall–Kier alpha value is -2.39. The van der Waals surface area contributed by atoms with E-state index in [9.17, 15) is 9.59 Å². The minimum atomic E-state index is -0.276. The van der Waals surface area contributed by atoms with Crippen molar-refractivity contribution in [2.24, 2.45) is 5.73 Å². The number of pyridine rings is 1. The molecule has 1 aromatic heterocycles. The number of nitrogens with zero attached hydrogens (tertiary/aromatic N) is 2. The van der Waals surface area contributed by atoms with E-state index >= 15 is 0 Å². The summed E-state index contributed by atoms with van der Waals surface area (Å²) in [5.41, 5.74) is 6.28. The molecule has 0 aliphatic carbocycles. The van der Waals surface area contributed by atoms with Crippen molar-refractivity contribution in [2.75, 3.05) is 26.2 Å². The SMILES string of the molecule is CCNC(=O)CN(CC)C(=O)c1ccc(C#CCN)cn1. The van der Waals surface area contributed by atoms with Crippen molar-refractivity contribution in [3.63, 3.8) is 0 Å². The van der Waals surface area contributed by atoms with Gasteiger partial charge < -0.3 is 16.0 Å². The van der Waals surface area contributed by atoms with Crippen LogP contribution in [0.5, 0.6) is 0 Å². The summed E-state index contributed by atoms with van der Waals surface area (Å²) < 4.78 is 0. The third-order valence-electron chi connectivity index (χ3n) is 2.69. The van der Waals surface area contributed by atoms with Crippen LogP contribution in [-0.4, -0.2) is 47.9 Å². The molecule has 2 amide bonds. The highest BCUT2D eigenvalue weighted by atomic mass is 16.2. The van der Waals surface area contributed by atoms with E-state index in [1.165, 1.54) is 11.1 Å². The molecule has 0 radical (unpaired) electrons. The molecular formula is C15H20N4O2. The maximum absolute atomic E-state index is 12.3. The average Bonchev–Trinajstić information content (AvgIpc) is 2.50. The third-order valence-corrected chi connectivity index (χ3v) is 2.69. The maximum atomic E-state index is 12.3. The lowest BCUT2D eigenvalue weighted by Gasteiger charge is -2.19. The third kappa shape index (κ3) is 5.24. The normalized spacial score (nSPS) is 9.48. The van der Waals surface area contributed by atoms with Crippen LogP contribution in [0.2, 0.25) is 0 Å². The Morgan fingerprint density at radius 3 is 2.67 bits per heavy atom. The molecule has 1 aromatic rings. The Morgan fingerprint density at radius 1 is 1.38 bits per heavy atom. The van der Waals surface area contributed by atoms with E-state index < -0.39 is 0 Å². The number of carbonyl (C=O) groups excluding carboxylic acids is 2. The fraction of sp³-hybridized carbons (Fsp3) is 0.400. The summed E-state index contributed by atoms with van der Waals surface area (Å²) in [4.78, 5) is 29.4. The molecule has 0 saturated carbocycles. The van der Waals surface area contributed by atoms with Gasteiger partial charge in [0.15, 0.2) is 0 Å². The lowest BCUT2D eigenvalue weighted by Crippen LogP contribution is -2.40. The van der Waals surface area contributed by atoms with E-state index in [0.717, 1.165) is 0 Å². The molecule has 0 atom stereocenters. The summed E-state index contributed by atoms with van der Waals surface area (Å²) >= 11 is 0. The highest BCUT2D eigenvalue weighted by Crippen LogP contribution is 2.03. The van der Waals surface area contributed by atoms with Crippen LogP contribution in [0.1, 0.15) is 29.9 Å². The second kappa shape index (κ2) is 8.72. The number of hydrogen-bond acceptors (Lipinski definition) is 4. The molecule has 0 aliphatic heterocycles. The Bertz CT molecular complexity index is 543. The minimum Gasteiger partial charge on any atom is -0.355 e. The first-order valence-corrected chi connectivity index (χ1v) is 6.83. The number of aromatic nitrogens is 1. The number of likely N-dealkylation sites (N-methyl/N-ethyl adjacent to an activating group) is 2. The maximum Gasteiger partial charge on any atom is 0.272 e. The van der Waals surface area contributed by atoms with Crippen molar-refractivity contribution in [3.8, 4) is 11.8 Å². The van der Waals surface area contributed by atoms with Gasteiger partial charge in [-0.05, 0) is 26.0 Å². The van der Waals surface area contributed by atoms with E-state index in [4.69, 9.17) is 5.73 Å². The Kier molecular flexibility index (Phi) is 6.92. The number of hydrogen-bond donors (Lipinski definition) is 2. The van der Waals surface area contributed by atoms with Crippen LogP contribution >= 0.6 is 0 Å². The van der Waals surface area contributed by atoms with Gasteiger partial charge in [-0.1, -0.05) is 11.8 Å². The van der Waals surface area contributed by atoms with Crippen LogP contribution in [0.25, 0.3) is 0 Å². The first kappa shape index (κ1) is 16.7. The van der Waals surface area contributed by atoms with Crippen LogP contribution in [0, 0.1) is 11.8 Å². The molecule has 21 heavy (non-hydrogen) atoms. The molecule has 0 aromatic carbocycles. The summed E-state index contributed by atoms with van der Waals surface area (Å²) in [5.74, 6) is 5.09. The van der Waals surface area contributed by atoms with Crippen molar-refractivity contribution in [3.05, 3.63) is 29.6 Å². The van der Waals surface area contributed by atoms with Crippen LogP contribution in [-0.2, 0) is 4.79 Å². The summed E-state index contributed by atoms with van der Waals surface area (Å²) in [6.45, 7) is 4.93. The average molecular weight is 288 g/mol. The molecule has 0 fully saturated rings. The molecule has 112 valence electrons. The van der Waals surface area contributed by atoms with Crippen molar-refractivity contribution in [1.29, 1.82) is 0 Å². The number of rotatable bonds is 5. The van der Waals surface area contributed by atoms with Gasteiger partial charge in [-0.2, -0.15) is 0 Å². The second-order valence-corrected chi connectivity index (χ2v) is 4.21. The Balaban J connectivity index is 2.78. The minimum absolute atomic E-state index is 0.0274. The number of nitrogens with two attached hydrogens (primary N) is 1. The van der Waals surface area contributed by atoms with Crippen LogP contribution < -0.4 is 11.1 Å². The highest BCUT2D eigenvalue weighted by Gasteiger charge is 2.17.